The second-order valence-corrected chi connectivity index (χ2v) is 8.18. The van der Waals surface area contributed by atoms with E-state index in [0.717, 1.165) is 33.0 Å². The van der Waals surface area contributed by atoms with Gasteiger partial charge >= 0.3 is 0 Å². The van der Waals surface area contributed by atoms with Crippen molar-refractivity contribution < 1.29 is 9.32 Å². The van der Waals surface area contributed by atoms with Crippen LogP contribution >= 0.6 is 22.7 Å². The standard InChI is InChI=1S/C21H16N4O2S2/c1-2-25-16-7-4-3-6-13(16)10-17(25)21-22-15(12-29-21)20(26)23-19-11-14(24-27-19)18-8-5-9-28-18/h3-12H,2H2,1H3,(H,23,26). The molecule has 4 heterocycles. The minimum absolute atomic E-state index is 0.302. The third-order valence-corrected chi connectivity index (χ3v) is 6.36. The molecule has 6 nitrogen and oxygen atoms in total. The Bertz CT molecular complexity index is 1300. The Balaban J connectivity index is 1.40. The van der Waals surface area contributed by atoms with E-state index in [1.165, 1.54) is 11.3 Å². The average Bonchev–Trinajstić information content (AvgIpc) is 3.53. The molecule has 0 saturated heterocycles. The summed E-state index contributed by atoms with van der Waals surface area (Å²) in [5, 5.41) is 12.4. The number of hydrogen-bond acceptors (Lipinski definition) is 6. The largest absolute Gasteiger partial charge is 0.339 e. The molecule has 8 heteroatoms. The van der Waals surface area contributed by atoms with Crippen molar-refractivity contribution in [3.05, 3.63) is 65.0 Å². The number of thiophene rings is 1. The van der Waals surface area contributed by atoms with Gasteiger partial charge in [-0.3, -0.25) is 10.1 Å². The van der Waals surface area contributed by atoms with E-state index in [0.29, 0.717) is 17.3 Å². The lowest BCUT2D eigenvalue weighted by Crippen LogP contribution is -2.11. The number of nitrogens with one attached hydrogen (secondary N) is 1. The molecule has 0 aliphatic heterocycles. The summed E-state index contributed by atoms with van der Waals surface area (Å²) in [7, 11) is 0. The molecule has 0 saturated carbocycles. The van der Waals surface area contributed by atoms with Crippen molar-refractivity contribution in [3.8, 4) is 21.3 Å². The van der Waals surface area contributed by atoms with Gasteiger partial charge in [-0.2, -0.15) is 0 Å². The highest BCUT2D eigenvalue weighted by molar-refractivity contribution is 7.13. The molecular weight excluding hydrogens is 404 g/mol. The number of aryl methyl sites for hydroxylation is 1. The fraction of sp³-hybridized carbons (Fsp3) is 0.0952. The summed E-state index contributed by atoms with van der Waals surface area (Å²) in [6, 6.07) is 16.0. The fourth-order valence-electron chi connectivity index (χ4n) is 3.27. The zero-order chi connectivity index (χ0) is 19.8. The van der Waals surface area contributed by atoms with Gasteiger partial charge in [0, 0.05) is 28.9 Å². The number of amides is 1. The van der Waals surface area contributed by atoms with E-state index in [-0.39, 0.29) is 5.91 Å². The monoisotopic (exact) mass is 420 g/mol. The number of para-hydroxylation sites is 1. The first-order chi connectivity index (χ1) is 14.2. The number of nitrogens with zero attached hydrogens (tertiary/aromatic N) is 3. The Hall–Kier alpha value is -3.23. The van der Waals surface area contributed by atoms with E-state index in [1.807, 2.05) is 29.6 Å². The number of benzene rings is 1. The van der Waals surface area contributed by atoms with E-state index < -0.39 is 0 Å². The SMILES string of the molecule is CCn1c(-c2nc(C(=O)Nc3cc(-c4cccs4)no3)cs2)cc2ccccc21. The molecule has 0 atom stereocenters. The summed E-state index contributed by atoms with van der Waals surface area (Å²) in [6.07, 6.45) is 0. The predicted octanol–water partition coefficient (Wildman–Crippen LogP) is 5.75. The lowest BCUT2D eigenvalue weighted by atomic mass is 10.2. The van der Waals surface area contributed by atoms with Crippen LogP contribution in [0.4, 0.5) is 5.88 Å². The van der Waals surface area contributed by atoms with Crippen LogP contribution in [0.15, 0.2) is 63.8 Å². The number of aromatic nitrogens is 3. The van der Waals surface area contributed by atoms with Crippen LogP contribution < -0.4 is 5.32 Å². The molecule has 5 rings (SSSR count). The molecule has 0 fully saturated rings. The van der Waals surface area contributed by atoms with Crippen LogP contribution in [0.1, 0.15) is 17.4 Å². The molecule has 0 unspecified atom stereocenters. The molecule has 5 aromatic rings. The number of hydrogen-bond donors (Lipinski definition) is 1. The highest BCUT2D eigenvalue weighted by Crippen LogP contribution is 2.31. The van der Waals surface area contributed by atoms with Crippen LogP contribution in [0.2, 0.25) is 0 Å². The van der Waals surface area contributed by atoms with Gasteiger partial charge in [0.1, 0.15) is 16.4 Å². The predicted molar refractivity (Wildman–Crippen MR) is 116 cm³/mol. The van der Waals surface area contributed by atoms with Crippen LogP contribution in [0.5, 0.6) is 0 Å². The van der Waals surface area contributed by atoms with Gasteiger partial charge in [0.25, 0.3) is 5.91 Å². The van der Waals surface area contributed by atoms with Crippen molar-refractivity contribution in [3.63, 3.8) is 0 Å². The average molecular weight is 421 g/mol. The van der Waals surface area contributed by atoms with Crippen molar-refractivity contribution in [1.29, 1.82) is 0 Å². The van der Waals surface area contributed by atoms with E-state index in [4.69, 9.17) is 4.52 Å². The number of thiazole rings is 1. The highest BCUT2D eigenvalue weighted by atomic mass is 32.1. The quantitative estimate of drug-likeness (QED) is 0.393. The van der Waals surface area contributed by atoms with Gasteiger partial charge in [-0.25, -0.2) is 4.98 Å². The summed E-state index contributed by atoms with van der Waals surface area (Å²) in [6.45, 7) is 2.93. The number of carbonyl (C=O) groups excluding carboxylic acids is 1. The molecular formula is C21H16N4O2S2. The first-order valence-corrected chi connectivity index (χ1v) is 10.8. The highest BCUT2D eigenvalue weighted by Gasteiger charge is 2.17. The molecule has 0 aliphatic rings. The van der Waals surface area contributed by atoms with Gasteiger partial charge < -0.3 is 9.09 Å². The third-order valence-electron chi connectivity index (χ3n) is 4.60. The van der Waals surface area contributed by atoms with Gasteiger partial charge in [0.2, 0.25) is 5.88 Å². The molecule has 1 aromatic carbocycles. The van der Waals surface area contributed by atoms with Crippen molar-refractivity contribution in [1.82, 2.24) is 14.7 Å². The van der Waals surface area contributed by atoms with Crippen molar-refractivity contribution in [2.24, 2.45) is 0 Å². The summed E-state index contributed by atoms with van der Waals surface area (Å²) < 4.78 is 7.45. The van der Waals surface area contributed by atoms with Crippen LogP contribution in [0, 0.1) is 0 Å². The maximum absolute atomic E-state index is 12.6. The number of carbonyl (C=O) groups is 1. The van der Waals surface area contributed by atoms with E-state index in [2.05, 4.69) is 45.1 Å². The molecule has 1 amide bonds. The summed E-state index contributed by atoms with van der Waals surface area (Å²) in [5.74, 6) is -0.0174. The number of rotatable bonds is 5. The first-order valence-electron chi connectivity index (χ1n) is 9.09. The molecule has 0 spiro atoms. The van der Waals surface area contributed by atoms with Crippen LogP contribution in [0.25, 0.3) is 32.2 Å². The lowest BCUT2D eigenvalue weighted by molar-refractivity contribution is 0.102. The summed E-state index contributed by atoms with van der Waals surface area (Å²) in [5.41, 5.74) is 3.22. The Morgan fingerprint density at radius 1 is 1.17 bits per heavy atom. The summed E-state index contributed by atoms with van der Waals surface area (Å²) in [4.78, 5) is 18.2. The van der Waals surface area contributed by atoms with Gasteiger partial charge in [-0.1, -0.05) is 29.4 Å². The Kier molecular flexibility index (Phi) is 4.49. The molecule has 1 N–H and O–H groups in total. The van der Waals surface area contributed by atoms with Crippen LogP contribution in [-0.4, -0.2) is 20.6 Å². The lowest BCUT2D eigenvalue weighted by Gasteiger charge is -2.05. The van der Waals surface area contributed by atoms with Crippen LogP contribution in [-0.2, 0) is 6.54 Å². The minimum Gasteiger partial charge on any atom is -0.339 e. The Labute approximate surface area is 174 Å². The smallest absolute Gasteiger partial charge is 0.277 e. The molecule has 0 bridgehead atoms. The zero-order valence-corrected chi connectivity index (χ0v) is 17.1. The van der Waals surface area contributed by atoms with Crippen LogP contribution in [0.3, 0.4) is 0 Å². The number of anilines is 1. The van der Waals surface area contributed by atoms with E-state index in [9.17, 15) is 4.79 Å². The summed E-state index contributed by atoms with van der Waals surface area (Å²) >= 11 is 3.01. The second kappa shape index (κ2) is 7.31. The molecule has 144 valence electrons. The maximum atomic E-state index is 12.6. The van der Waals surface area contributed by atoms with Gasteiger partial charge in [-0.05, 0) is 30.5 Å². The van der Waals surface area contributed by atoms with Crippen molar-refractivity contribution in [2.75, 3.05) is 5.32 Å². The van der Waals surface area contributed by atoms with Crippen molar-refractivity contribution >= 4 is 45.4 Å². The third kappa shape index (κ3) is 3.26. The fourth-order valence-corrected chi connectivity index (χ4v) is 4.78. The van der Waals surface area contributed by atoms with E-state index >= 15 is 0 Å². The molecule has 0 aliphatic carbocycles. The maximum Gasteiger partial charge on any atom is 0.277 e. The minimum atomic E-state index is -0.319. The first kappa shape index (κ1) is 17.8. The van der Waals surface area contributed by atoms with Gasteiger partial charge in [0.05, 0.1) is 10.6 Å². The Morgan fingerprint density at radius 3 is 2.90 bits per heavy atom. The van der Waals surface area contributed by atoms with Gasteiger partial charge in [-0.15, -0.1) is 22.7 Å². The molecule has 29 heavy (non-hydrogen) atoms. The van der Waals surface area contributed by atoms with E-state index in [1.54, 1.807) is 22.8 Å². The normalized spacial score (nSPS) is 11.2. The Morgan fingerprint density at radius 2 is 2.07 bits per heavy atom. The second-order valence-electron chi connectivity index (χ2n) is 6.38. The molecule has 0 radical (unpaired) electrons. The number of fused-ring (bicyclic) bond motifs is 1. The molecule has 4 aromatic heterocycles. The van der Waals surface area contributed by atoms with Gasteiger partial charge in [0.15, 0.2) is 0 Å². The topological polar surface area (TPSA) is 73.0 Å². The van der Waals surface area contributed by atoms with Crippen molar-refractivity contribution in [2.45, 2.75) is 13.5 Å². The zero-order valence-electron chi connectivity index (χ0n) is 15.5.